The molecule has 104 valence electrons. The summed E-state index contributed by atoms with van der Waals surface area (Å²) < 4.78 is 15.8. The second-order valence-corrected chi connectivity index (χ2v) is 4.41. The molecule has 1 atom stereocenters. The fourth-order valence-corrected chi connectivity index (χ4v) is 2.09. The van der Waals surface area contributed by atoms with Crippen LogP contribution in [0, 0.1) is 0 Å². The third kappa shape index (κ3) is 3.38. The van der Waals surface area contributed by atoms with Gasteiger partial charge in [-0.2, -0.15) is 0 Å². The minimum atomic E-state index is -0.157. The van der Waals surface area contributed by atoms with Crippen molar-refractivity contribution in [2.24, 2.45) is 0 Å². The van der Waals surface area contributed by atoms with Crippen molar-refractivity contribution in [1.29, 1.82) is 0 Å². The van der Waals surface area contributed by atoms with E-state index in [2.05, 4.69) is 5.32 Å². The fourth-order valence-electron chi connectivity index (χ4n) is 2.09. The summed E-state index contributed by atoms with van der Waals surface area (Å²) in [6, 6.07) is 5.13. The van der Waals surface area contributed by atoms with Crippen molar-refractivity contribution in [3.05, 3.63) is 23.8 Å². The largest absolute Gasteiger partial charge is 0.497 e. The maximum absolute atomic E-state index is 12.1. The minimum absolute atomic E-state index is 0.133. The van der Waals surface area contributed by atoms with E-state index in [4.69, 9.17) is 14.2 Å². The molecule has 1 unspecified atom stereocenters. The molecule has 1 amide bonds. The molecule has 1 aliphatic rings. The number of hydrogen-bond acceptors (Lipinski definition) is 4. The molecule has 1 heterocycles. The van der Waals surface area contributed by atoms with Crippen LogP contribution in [0.1, 0.15) is 23.2 Å². The summed E-state index contributed by atoms with van der Waals surface area (Å²) in [6.45, 7) is 1.32. The molecule has 19 heavy (non-hydrogen) atoms. The number of nitrogens with one attached hydrogen (secondary N) is 1. The first-order valence-electron chi connectivity index (χ1n) is 6.36. The van der Waals surface area contributed by atoms with Crippen LogP contribution in [0.4, 0.5) is 0 Å². The molecule has 0 radical (unpaired) electrons. The summed E-state index contributed by atoms with van der Waals surface area (Å²) >= 11 is 0. The van der Waals surface area contributed by atoms with Gasteiger partial charge in [0.1, 0.15) is 11.5 Å². The Labute approximate surface area is 112 Å². The number of carbonyl (C=O) groups is 1. The molecule has 0 aliphatic carbocycles. The molecule has 1 fully saturated rings. The van der Waals surface area contributed by atoms with Gasteiger partial charge in [0, 0.05) is 19.2 Å². The van der Waals surface area contributed by atoms with E-state index in [0.29, 0.717) is 23.6 Å². The van der Waals surface area contributed by atoms with Gasteiger partial charge in [0.15, 0.2) is 0 Å². The normalized spacial score (nSPS) is 18.1. The van der Waals surface area contributed by atoms with Crippen LogP contribution in [-0.4, -0.2) is 39.4 Å². The molecule has 1 saturated heterocycles. The zero-order valence-electron chi connectivity index (χ0n) is 11.3. The highest BCUT2D eigenvalue weighted by molar-refractivity contribution is 5.97. The van der Waals surface area contributed by atoms with Gasteiger partial charge < -0.3 is 19.5 Å². The average Bonchev–Trinajstić information content (AvgIpc) is 2.97. The highest BCUT2D eigenvalue weighted by Crippen LogP contribution is 2.24. The zero-order chi connectivity index (χ0) is 13.7. The lowest BCUT2D eigenvalue weighted by molar-refractivity contribution is 0.0855. The van der Waals surface area contributed by atoms with Crippen molar-refractivity contribution in [3.63, 3.8) is 0 Å². The Balaban J connectivity index is 2.01. The molecule has 1 aliphatic heterocycles. The van der Waals surface area contributed by atoms with E-state index in [1.54, 1.807) is 25.3 Å². The van der Waals surface area contributed by atoms with Crippen molar-refractivity contribution in [1.82, 2.24) is 5.32 Å². The predicted molar refractivity (Wildman–Crippen MR) is 70.9 cm³/mol. The Morgan fingerprint density at radius 3 is 2.89 bits per heavy atom. The van der Waals surface area contributed by atoms with E-state index in [1.165, 1.54) is 7.11 Å². The van der Waals surface area contributed by atoms with Gasteiger partial charge in [0.25, 0.3) is 5.91 Å². The van der Waals surface area contributed by atoms with Crippen molar-refractivity contribution in [3.8, 4) is 11.5 Å². The van der Waals surface area contributed by atoms with Gasteiger partial charge in [-0.1, -0.05) is 0 Å². The van der Waals surface area contributed by atoms with Gasteiger partial charge in [-0.05, 0) is 25.0 Å². The molecule has 0 spiro atoms. The number of amides is 1. The number of rotatable bonds is 5. The Hall–Kier alpha value is -1.75. The predicted octanol–water partition coefficient (Wildman–Crippen LogP) is 1.61. The Kier molecular flexibility index (Phi) is 4.63. The van der Waals surface area contributed by atoms with Gasteiger partial charge in [0.2, 0.25) is 0 Å². The summed E-state index contributed by atoms with van der Waals surface area (Å²) in [7, 11) is 3.11. The van der Waals surface area contributed by atoms with E-state index in [9.17, 15) is 4.79 Å². The lowest BCUT2D eigenvalue weighted by Crippen LogP contribution is -2.31. The maximum Gasteiger partial charge on any atom is 0.255 e. The van der Waals surface area contributed by atoms with Gasteiger partial charge in [-0.25, -0.2) is 0 Å². The van der Waals surface area contributed by atoms with Crippen molar-refractivity contribution < 1.29 is 19.0 Å². The number of hydrogen-bond donors (Lipinski definition) is 1. The molecule has 1 aromatic carbocycles. The van der Waals surface area contributed by atoms with Gasteiger partial charge in [-0.15, -0.1) is 0 Å². The van der Waals surface area contributed by atoms with Crippen LogP contribution >= 0.6 is 0 Å². The Bertz CT molecular complexity index is 441. The number of ether oxygens (including phenoxy) is 3. The molecule has 0 saturated carbocycles. The van der Waals surface area contributed by atoms with E-state index < -0.39 is 0 Å². The van der Waals surface area contributed by atoms with Crippen molar-refractivity contribution in [2.45, 2.75) is 18.9 Å². The standard InChI is InChI=1S/C14H19NO4/c1-17-10-5-6-12(13(8-10)18-2)14(16)15-9-11-4-3-7-19-11/h5-6,8,11H,3-4,7,9H2,1-2H3,(H,15,16). The third-order valence-electron chi connectivity index (χ3n) is 3.17. The monoisotopic (exact) mass is 265 g/mol. The van der Waals surface area contributed by atoms with Crippen LogP contribution in [0.3, 0.4) is 0 Å². The quantitative estimate of drug-likeness (QED) is 0.878. The average molecular weight is 265 g/mol. The van der Waals surface area contributed by atoms with E-state index in [1.807, 2.05) is 0 Å². The minimum Gasteiger partial charge on any atom is -0.497 e. The van der Waals surface area contributed by atoms with Crippen LogP contribution in [0.2, 0.25) is 0 Å². The van der Waals surface area contributed by atoms with Gasteiger partial charge in [0.05, 0.1) is 25.9 Å². The molecular formula is C14H19NO4. The Morgan fingerprint density at radius 2 is 2.26 bits per heavy atom. The van der Waals surface area contributed by atoms with Crippen LogP contribution < -0.4 is 14.8 Å². The topological polar surface area (TPSA) is 56.8 Å². The molecule has 5 nitrogen and oxygen atoms in total. The van der Waals surface area contributed by atoms with E-state index in [-0.39, 0.29) is 12.0 Å². The lowest BCUT2D eigenvalue weighted by atomic mass is 10.1. The maximum atomic E-state index is 12.1. The molecule has 2 rings (SSSR count). The second kappa shape index (κ2) is 6.43. The smallest absolute Gasteiger partial charge is 0.255 e. The van der Waals surface area contributed by atoms with E-state index >= 15 is 0 Å². The number of benzene rings is 1. The lowest BCUT2D eigenvalue weighted by Gasteiger charge is -2.13. The summed E-state index contributed by atoms with van der Waals surface area (Å²) in [5.41, 5.74) is 0.501. The highest BCUT2D eigenvalue weighted by atomic mass is 16.5. The molecular weight excluding hydrogens is 246 g/mol. The molecule has 0 aromatic heterocycles. The van der Waals surface area contributed by atoms with Crippen LogP contribution in [0.5, 0.6) is 11.5 Å². The van der Waals surface area contributed by atoms with E-state index in [0.717, 1.165) is 19.4 Å². The van der Waals surface area contributed by atoms with Gasteiger partial charge in [-0.3, -0.25) is 4.79 Å². The van der Waals surface area contributed by atoms with Crippen LogP contribution in [0.25, 0.3) is 0 Å². The molecule has 1 N–H and O–H groups in total. The first kappa shape index (κ1) is 13.7. The summed E-state index contributed by atoms with van der Waals surface area (Å²) in [6.07, 6.45) is 2.19. The van der Waals surface area contributed by atoms with Gasteiger partial charge >= 0.3 is 0 Å². The number of carbonyl (C=O) groups excluding carboxylic acids is 1. The van der Waals surface area contributed by atoms with Crippen LogP contribution in [0.15, 0.2) is 18.2 Å². The SMILES string of the molecule is COc1ccc(C(=O)NCC2CCCO2)c(OC)c1. The summed E-state index contributed by atoms with van der Waals surface area (Å²) in [5, 5.41) is 2.87. The summed E-state index contributed by atoms with van der Waals surface area (Å²) in [5.74, 6) is 1.01. The highest BCUT2D eigenvalue weighted by Gasteiger charge is 2.18. The molecule has 5 heteroatoms. The molecule has 0 bridgehead atoms. The second-order valence-electron chi connectivity index (χ2n) is 4.41. The first-order valence-corrected chi connectivity index (χ1v) is 6.36. The fraction of sp³-hybridized carbons (Fsp3) is 0.500. The van der Waals surface area contributed by atoms with Crippen molar-refractivity contribution >= 4 is 5.91 Å². The molecule has 1 aromatic rings. The first-order chi connectivity index (χ1) is 9.24. The number of methoxy groups -OCH3 is 2. The van der Waals surface area contributed by atoms with Crippen LogP contribution in [-0.2, 0) is 4.74 Å². The zero-order valence-corrected chi connectivity index (χ0v) is 11.3. The van der Waals surface area contributed by atoms with Crippen molar-refractivity contribution in [2.75, 3.05) is 27.4 Å². The third-order valence-corrected chi connectivity index (χ3v) is 3.17. The Morgan fingerprint density at radius 1 is 1.42 bits per heavy atom. The summed E-state index contributed by atoms with van der Waals surface area (Å²) in [4.78, 5) is 12.1.